The van der Waals surface area contributed by atoms with Crippen LogP contribution in [0.4, 0.5) is 11.4 Å². The van der Waals surface area contributed by atoms with E-state index in [1.165, 1.54) is 22.5 Å². The van der Waals surface area contributed by atoms with Gasteiger partial charge in [0.1, 0.15) is 0 Å². The largest absolute Gasteiger partial charge is 0.341 e. The Morgan fingerprint density at radius 3 is 2.09 bits per heavy atom. The van der Waals surface area contributed by atoms with Crippen LogP contribution in [0, 0.1) is 0 Å². The summed E-state index contributed by atoms with van der Waals surface area (Å²) in [4.78, 5) is 2.34. The molecular weight excluding hydrogens is 334 g/mol. The van der Waals surface area contributed by atoms with E-state index >= 15 is 0 Å². The molecule has 0 aliphatic carbocycles. The van der Waals surface area contributed by atoms with Crippen molar-refractivity contribution >= 4 is 27.3 Å². The van der Waals surface area contributed by atoms with Crippen molar-refractivity contribution in [1.82, 2.24) is 0 Å². The van der Waals surface area contributed by atoms with Gasteiger partial charge in [-0.25, -0.2) is 0 Å². The van der Waals surface area contributed by atoms with Gasteiger partial charge in [-0.05, 0) is 42.8 Å². The average Bonchev–Trinajstić information content (AvgIpc) is 2.58. The van der Waals surface area contributed by atoms with Gasteiger partial charge in [0.2, 0.25) is 0 Å². The Bertz CT molecular complexity index is 738. The fourth-order valence-corrected chi connectivity index (χ4v) is 3.05. The Morgan fingerprint density at radius 2 is 1.45 bits per heavy atom. The van der Waals surface area contributed by atoms with Crippen LogP contribution in [-0.2, 0) is 0 Å². The lowest BCUT2D eigenvalue weighted by Gasteiger charge is -2.26. The zero-order valence-corrected chi connectivity index (χ0v) is 14.1. The predicted molar refractivity (Wildman–Crippen MR) is 98.7 cm³/mol. The summed E-state index contributed by atoms with van der Waals surface area (Å²) in [6.45, 7) is 3.11. The summed E-state index contributed by atoms with van der Waals surface area (Å²) >= 11 is 3.60. The highest BCUT2D eigenvalue weighted by molar-refractivity contribution is 9.10. The van der Waals surface area contributed by atoms with Crippen LogP contribution in [0.25, 0.3) is 11.1 Å². The van der Waals surface area contributed by atoms with Crippen molar-refractivity contribution in [1.29, 1.82) is 0 Å². The molecule has 0 radical (unpaired) electrons. The van der Waals surface area contributed by atoms with E-state index in [-0.39, 0.29) is 0 Å². The van der Waals surface area contributed by atoms with Crippen LogP contribution in [-0.4, -0.2) is 6.54 Å². The van der Waals surface area contributed by atoms with E-state index in [2.05, 4.69) is 107 Å². The van der Waals surface area contributed by atoms with Gasteiger partial charge in [0.25, 0.3) is 0 Å². The third kappa shape index (κ3) is 3.07. The summed E-state index contributed by atoms with van der Waals surface area (Å²) in [7, 11) is 0. The molecule has 0 saturated carbocycles. The van der Waals surface area contributed by atoms with E-state index in [0.29, 0.717) is 0 Å². The van der Waals surface area contributed by atoms with Gasteiger partial charge < -0.3 is 4.90 Å². The number of hydrogen-bond donors (Lipinski definition) is 0. The molecule has 0 fully saturated rings. The number of rotatable bonds is 4. The lowest BCUT2D eigenvalue weighted by Crippen LogP contribution is -2.16. The van der Waals surface area contributed by atoms with E-state index in [1.807, 2.05) is 0 Å². The highest BCUT2D eigenvalue weighted by Crippen LogP contribution is 2.36. The van der Waals surface area contributed by atoms with E-state index in [0.717, 1.165) is 11.0 Å². The molecule has 0 saturated heterocycles. The molecule has 0 aliphatic heterocycles. The Balaban J connectivity index is 2.14. The standard InChI is InChI=1S/C20H18BrN/c1-2-22(18-11-7-4-8-12-18)20-14-13-17(21)15-19(20)16-9-5-3-6-10-16/h3-15H,2H2,1H3. The van der Waals surface area contributed by atoms with Crippen molar-refractivity contribution in [3.8, 4) is 11.1 Å². The zero-order chi connectivity index (χ0) is 15.4. The summed E-state index contributed by atoms with van der Waals surface area (Å²) in [5.41, 5.74) is 4.90. The first-order valence-corrected chi connectivity index (χ1v) is 8.26. The summed E-state index contributed by atoms with van der Waals surface area (Å²) in [6.07, 6.45) is 0. The van der Waals surface area contributed by atoms with Crippen molar-refractivity contribution in [3.63, 3.8) is 0 Å². The van der Waals surface area contributed by atoms with Crippen molar-refractivity contribution < 1.29 is 0 Å². The van der Waals surface area contributed by atoms with Crippen molar-refractivity contribution in [3.05, 3.63) is 83.3 Å². The molecule has 0 aromatic heterocycles. The normalized spacial score (nSPS) is 10.5. The third-order valence-corrected chi connectivity index (χ3v) is 4.21. The number of para-hydroxylation sites is 1. The lowest BCUT2D eigenvalue weighted by atomic mass is 10.0. The first-order valence-electron chi connectivity index (χ1n) is 7.47. The van der Waals surface area contributed by atoms with Crippen LogP contribution in [0.2, 0.25) is 0 Å². The van der Waals surface area contributed by atoms with Crippen molar-refractivity contribution in [2.75, 3.05) is 11.4 Å². The minimum absolute atomic E-state index is 0.922. The molecule has 3 aromatic carbocycles. The number of hydrogen-bond acceptors (Lipinski definition) is 1. The predicted octanol–water partition coefficient (Wildman–Crippen LogP) is 6.27. The van der Waals surface area contributed by atoms with Crippen LogP contribution in [0.1, 0.15) is 6.92 Å². The molecule has 0 amide bonds. The zero-order valence-electron chi connectivity index (χ0n) is 12.5. The molecule has 110 valence electrons. The van der Waals surface area contributed by atoms with Gasteiger partial charge in [-0.3, -0.25) is 0 Å². The quantitative estimate of drug-likeness (QED) is 0.535. The minimum Gasteiger partial charge on any atom is -0.341 e. The molecule has 0 spiro atoms. The summed E-state index contributed by atoms with van der Waals surface area (Å²) in [5.74, 6) is 0. The molecule has 0 atom stereocenters. The fraction of sp³-hybridized carbons (Fsp3) is 0.100. The van der Waals surface area contributed by atoms with Gasteiger partial charge in [-0.1, -0.05) is 64.5 Å². The maximum Gasteiger partial charge on any atom is 0.0491 e. The molecule has 0 unspecified atom stereocenters. The Morgan fingerprint density at radius 1 is 0.818 bits per heavy atom. The second kappa shape index (κ2) is 6.80. The van der Waals surface area contributed by atoms with Crippen LogP contribution in [0.15, 0.2) is 83.3 Å². The van der Waals surface area contributed by atoms with E-state index in [9.17, 15) is 0 Å². The summed E-state index contributed by atoms with van der Waals surface area (Å²) in [5, 5.41) is 0. The molecule has 3 rings (SSSR count). The van der Waals surface area contributed by atoms with Gasteiger partial charge in [-0.2, -0.15) is 0 Å². The fourth-order valence-electron chi connectivity index (χ4n) is 2.69. The van der Waals surface area contributed by atoms with Gasteiger partial charge >= 0.3 is 0 Å². The molecule has 0 bridgehead atoms. The maximum absolute atomic E-state index is 3.60. The molecular formula is C20H18BrN. The van der Waals surface area contributed by atoms with Crippen molar-refractivity contribution in [2.45, 2.75) is 6.92 Å². The topological polar surface area (TPSA) is 3.24 Å². The van der Waals surface area contributed by atoms with E-state index in [1.54, 1.807) is 0 Å². The Kier molecular flexibility index (Phi) is 4.59. The van der Waals surface area contributed by atoms with E-state index < -0.39 is 0 Å². The number of halogens is 1. The first kappa shape index (κ1) is 14.9. The van der Waals surface area contributed by atoms with Crippen LogP contribution >= 0.6 is 15.9 Å². The Hall–Kier alpha value is -2.06. The first-order chi connectivity index (χ1) is 10.8. The molecule has 0 heterocycles. The Labute approximate surface area is 140 Å². The van der Waals surface area contributed by atoms with Crippen LogP contribution < -0.4 is 4.90 Å². The van der Waals surface area contributed by atoms with Crippen molar-refractivity contribution in [2.24, 2.45) is 0 Å². The number of benzene rings is 3. The van der Waals surface area contributed by atoms with Gasteiger partial charge in [-0.15, -0.1) is 0 Å². The molecule has 3 aromatic rings. The van der Waals surface area contributed by atoms with E-state index in [4.69, 9.17) is 0 Å². The second-order valence-corrected chi connectivity index (χ2v) is 6.02. The SMILES string of the molecule is CCN(c1ccccc1)c1ccc(Br)cc1-c1ccccc1. The van der Waals surface area contributed by atoms with Crippen LogP contribution in [0.5, 0.6) is 0 Å². The number of nitrogens with zero attached hydrogens (tertiary/aromatic N) is 1. The molecule has 0 N–H and O–H groups in total. The molecule has 0 aliphatic rings. The minimum atomic E-state index is 0.922. The second-order valence-electron chi connectivity index (χ2n) is 5.11. The molecule has 2 heteroatoms. The number of anilines is 2. The summed E-state index contributed by atoms with van der Waals surface area (Å²) in [6, 6.07) is 27.5. The third-order valence-electron chi connectivity index (χ3n) is 3.72. The maximum atomic E-state index is 3.60. The monoisotopic (exact) mass is 351 g/mol. The lowest BCUT2D eigenvalue weighted by molar-refractivity contribution is 1.02. The van der Waals surface area contributed by atoms with Gasteiger partial charge in [0.05, 0.1) is 0 Å². The highest BCUT2D eigenvalue weighted by atomic mass is 79.9. The molecule has 1 nitrogen and oxygen atoms in total. The highest BCUT2D eigenvalue weighted by Gasteiger charge is 2.13. The summed E-state index contributed by atoms with van der Waals surface area (Å²) < 4.78 is 1.10. The molecule has 22 heavy (non-hydrogen) atoms. The van der Waals surface area contributed by atoms with Gasteiger partial charge in [0, 0.05) is 28.0 Å². The van der Waals surface area contributed by atoms with Gasteiger partial charge in [0.15, 0.2) is 0 Å². The average molecular weight is 352 g/mol. The smallest absolute Gasteiger partial charge is 0.0491 e. The van der Waals surface area contributed by atoms with Crippen LogP contribution in [0.3, 0.4) is 0 Å².